The molecule has 0 amide bonds. The van der Waals surface area contributed by atoms with Gasteiger partial charge in [0.05, 0.1) is 5.69 Å². The quantitative estimate of drug-likeness (QED) is 0.507. The van der Waals surface area contributed by atoms with Crippen molar-refractivity contribution in [3.8, 4) is 5.69 Å². The summed E-state index contributed by atoms with van der Waals surface area (Å²) in [6.45, 7) is 0. The molecular weight excluding hydrogens is 216 g/mol. The summed E-state index contributed by atoms with van der Waals surface area (Å²) < 4.78 is 1.71. The number of nitrogens with two attached hydrogens (primary N) is 1. The van der Waals surface area contributed by atoms with Gasteiger partial charge in [-0.25, -0.2) is 0 Å². The number of hydrogen-bond donors (Lipinski definition) is 3. The van der Waals surface area contributed by atoms with Crippen molar-refractivity contribution in [1.82, 2.24) is 14.8 Å². The van der Waals surface area contributed by atoms with Crippen LogP contribution in [0.15, 0.2) is 34.6 Å². The zero-order chi connectivity index (χ0) is 10.1. The summed E-state index contributed by atoms with van der Waals surface area (Å²) >= 11 is 8.33. The van der Waals surface area contributed by atoms with Crippen LogP contribution in [0.3, 0.4) is 0 Å². The van der Waals surface area contributed by atoms with Crippen LogP contribution in [0.1, 0.15) is 0 Å². The summed E-state index contributed by atoms with van der Waals surface area (Å²) in [7, 11) is 0. The third-order valence-electron chi connectivity index (χ3n) is 1.78. The molecule has 2 N–H and O–H groups in total. The van der Waals surface area contributed by atoms with E-state index in [1.54, 1.807) is 16.7 Å². The van der Waals surface area contributed by atoms with Crippen LogP contribution in [0, 0.1) is 0 Å². The van der Waals surface area contributed by atoms with Crippen molar-refractivity contribution >= 4 is 30.9 Å². The Labute approximate surface area is 92.0 Å². The molecule has 0 saturated heterocycles. The molecular formula is C8H8N4S2. The molecule has 4 nitrogen and oxygen atoms in total. The van der Waals surface area contributed by atoms with Crippen molar-refractivity contribution in [2.45, 2.75) is 10.3 Å². The summed E-state index contributed by atoms with van der Waals surface area (Å²) in [6.07, 6.45) is 0. The highest BCUT2D eigenvalue weighted by atomic mass is 32.1. The summed E-state index contributed by atoms with van der Waals surface area (Å²) in [5, 5.41) is 8.57. The highest BCUT2D eigenvalue weighted by molar-refractivity contribution is 7.80. The van der Waals surface area contributed by atoms with Crippen LogP contribution in [-0.2, 0) is 0 Å². The standard InChI is InChI=1S/C8H8N4S2/c9-5-1-3-6(4-2-5)12-7(13)10-11-8(12)14/h1-4H,9H2,(H,10,13)(H,11,14). The molecule has 2 aromatic rings. The largest absolute Gasteiger partial charge is 0.399 e. The van der Waals surface area contributed by atoms with Gasteiger partial charge in [-0.15, -0.1) is 35.5 Å². The first-order chi connectivity index (χ1) is 6.68. The van der Waals surface area contributed by atoms with Gasteiger partial charge in [-0.3, -0.25) is 4.57 Å². The number of rotatable bonds is 1. The van der Waals surface area contributed by atoms with E-state index in [1.807, 2.05) is 12.1 Å². The normalized spacial score (nSPS) is 10.4. The number of anilines is 1. The van der Waals surface area contributed by atoms with E-state index in [1.165, 1.54) is 0 Å². The van der Waals surface area contributed by atoms with Gasteiger partial charge in [0.25, 0.3) is 0 Å². The number of hydrogen-bond acceptors (Lipinski definition) is 5. The molecule has 0 aliphatic heterocycles. The van der Waals surface area contributed by atoms with Gasteiger partial charge in [0.1, 0.15) is 0 Å². The first-order valence-electron chi connectivity index (χ1n) is 3.88. The predicted octanol–water partition coefficient (Wildman–Crippen LogP) is 1.43. The fourth-order valence-electron chi connectivity index (χ4n) is 1.12. The maximum atomic E-state index is 5.58. The van der Waals surface area contributed by atoms with Gasteiger partial charge in [0.2, 0.25) is 0 Å². The minimum Gasteiger partial charge on any atom is -0.399 e. The molecule has 0 fully saturated rings. The fourth-order valence-corrected chi connectivity index (χ4v) is 1.71. The molecule has 1 aromatic heterocycles. The minimum atomic E-state index is 0.500. The lowest BCUT2D eigenvalue weighted by atomic mass is 10.3. The second-order valence-corrected chi connectivity index (χ2v) is 3.53. The molecule has 1 aromatic carbocycles. The van der Waals surface area contributed by atoms with Crippen LogP contribution in [-0.4, -0.2) is 14.8 Å². The van der Waals surface area contributed by atoms with Crippen molar-refractivity contribution in [3.63, 3.8) is 0 Å². The van der Waals surface area contributed by atoms with Crippen LogP contribution in [0.4, 0.5) is 5.69 Å². The molecule has 2 rings (SSSR count). The maximum Gasteiger partial charge on any atom is 0.193 e. The summed E-state index contributed by atoms with van der Waals surface area (Å²) in [5.41, 5.74) is 7.18. The average molecular weight is 224 g/mol. The molecule has 0 radical (unpaired) electrons. The number of benzene rings is 1. The lowest BCUT2D eigenvalue weighted by Gasteiger charge is -2.04. The summed E-state index contributed by atoms with van der Waals surface area (Å²) in [6, 6.07) is 7.32. The fraction of sp³-hybridized carbons (Fsp3) is 0. The number of nitrogens with zero attached hydrogens (tertiary/aromatic N) is 3. The van der Waals surface area contributed by atoms with Gasteiger partial charge in [-0.2, -0.15) is 0 Å². The van der Waals surface area contributed by atoms with Crippen molar-refractivity contribution in [1.29, 1.82) is 0 Å². The first-order valence-corrected chi connectivity index (χ1v) is 4.77. The summed E-state index contributed by atoms with van der Waals surface area (Å²) in [4.78, 5) is 0. The van der Waals surface area contributed by atoms with E-state index in [2.05, 4.69) is 35.5 Å². The average Bonchev–Trinajstić information content (AvgIpc) is 2.49. The van der Waals surface area contributed by atoms with E-state index in [-0.39, 0.29) is 0 Å². The van der Waals surface area contributed by atoms with Gasteiger partial charge < -0.3 is 5.73 Å². The molecule has 0 aliphatic carbocycles. The zero-order valence-electron chi connectivity index (χ0n) is 7.12. The Balaban J connectivity index is 2.54. The van der Waals surface area contributed by atoms with E-state index < -0.39 is 0 Å². The molecule has 0 spiro atoms. The number of nitrogen functional groups attached to an aromatic ring is 1. The van der Waals surface area contributed by atoms with E-state index in [9.17, 15) is 0 Å². The number of thiol groups is 2. The van der Waals surface area contributed by atoms with Gasteiger partial charge >= 0.3 is 0 Å². The Morgan fingerprint density at radius 3 is 2.00 bits per heavy atom. The van der Waals surface area contributed by atoms with Crippen molar-refractivity contribution < 1.29 is 0 Å². The third kappa shape index (κ3) is 1.58. The Bertz CT molecular complexity index is 429. The Hall–Kier alpha value is -1.14. The highest BCUT2D eigenvalue weighted by Crippen LogP contribution is 2.18. The van der Waals surface area contributed by atoms with Crippen molar-refractivity contribution in [2.75, 3.05) is 5.73 Å². The molecule has 72 valence electrons. The lowest BCUT2D eigenvalue weighted by molar-refractivity contribution is 0.835. The Kier molecular flexibility index (Phi) is 2.39. The smallest absolute Gasteiger partial charge is 0.193 e. The van der Waals surface area contributed by atoms with Gasteiger partial charge in [0.15, 0.2) is 10.3 Å². The Morgan fingerprint density at radius 2 is 1.50 bits per heavy atom. The predicted molar refractivity (Wildman–Crippen MR) is 60.3 cm³/mol. The minimum absolute atomic E-state index is 0.500. The van der Waals surface area contributed by atoms with E-state index in [4.69, 9.17) is 5.73 Å². The van der Waals surface area contributed by atoms with Crippen molar-refractivity contribution in [2.24, 2.45) is 0 Å². The van der Waals surface area contributed by atoms with Crippen LogP contribution in [0.25, 0.3) is 5.69 Å². The van der Waals surface area contributed by atoms with E-state index >= 15 is 0 Å². The molecule has 0 bridgehead atoms. The SMILES string of the molecule is Nc1ccc(-n2c(S)nnc2S)cc1. The zero-order valence-corrected chi connectivity index (χ0v) is 8.91. The molecule has 0 saturated carbocycles. The molecule has 1 heterocycles. The second kappa shape index (κ2) is 3.55. The summed E-state index contributed by atoms with van der Waals surface area (Å²) in [5.74, 6) is 0. The molecule has 0 aliphatic rings. The van der Waals surface area contributed by atoms with E-state index in [0.29, 0.717) is 16.0 Å². The topological polar surface area (TPSA) is 56.7 Å². The molecule has 0 atom stereocenters. The maximum absolute atomic E-state index is 5.58. The molecule has 0 unspecified atom stereocenters. The van der Waals surface area contributed by atoms with Gasteiger partial charge in [0, 0.05) is 5.69 Å². The van der Waals surface area contributed by atoms with Gasteiger partial charge in [-0.05, 0) is 24.3 Å². The van der Waals surface area contributed by atoms with Crippen LogP contribution in [0.2, 0.25) is 0 Å². The third-order valence-corrected chi connectivity index (χ3v) is 2.36. The highest BCUT2D eigenvalue weighted by Gasteiger charge is 2.07. The van der Waals surface area contributed by atoms with E-state index in [0.717, 1.165) is 5.69 Å². The van der Waals surface area contributed by atoms with Crippen LogP contribution in [0.5, 0.6) is 0 Å². The Morgan fingerprint density at radius 1 is 1.00 bits per heavy atom. The van der Waals surface area contributed by atoms with Crippen molar-refractivity contribution in [3.05, 3.63) is 24.3 Å². The number of aromatic nitrogens is 3. The van der Waals surface area contributed by atoms with Gasteiger partial charge in [-0.1, -0.05) is 0 Å². The lowest BCUT2D eigenvalue weighted by Crippen LogP contribution is -1.96. The monoisotopic (exact) mass is 224 g/mol. The van der Waals surface area contributed by atoms with Crippen LogP contribution < -0.4 is 5.73 Å². The second-order valence-electron chi connectivity index (χ2n) is 2.73. The molecule has 6 heteroatoms. The molecule has 14 heavy (non-hydrogen) atoms. The first kappa shape index (κ1) is 9.42. The van der Waals surface area contributed by atoms with Crippen LogP contribution >= 0.6 is 25.3 Å².